The molecule has 0 fully saturated rings. The molecule has 0 heterocycles. The zero-order valence-corrected chi connectivity index (χ0v) is 13.1. The number of para-hydroxylation sites is 1. The average molecular weight is 299 g/mol. The summed E-state index contributed by atoms with van der Waals surface area (Å²) in [6.07, 6.45) is -0.553. The van der Waals surface area contributed by atoms with E-state index in [-0.39, 0.29) is 11.9 Å². The van der Waals surface area contributed by atoms with Crippen molar-refractivity contribution in [3.8, 4) is 11.5 Å². The van der Waals surface area contributed by atoms with Gasteiger partial charge in [-0.2, -0.15) is 0 Å². The predicted octanol–water partition coefficient (Wildman–Crippen LogP) is 3.34. The summed E-state index contributed by atoms with van der Waals surface area (Å²) in [6.45, 7) is 3.68. The fourth-order valence-electron chi connectivity index (χ4n) is 2.06. The molecule has 2 aromatic rings. The van der Waals surface area contributed by atoms with Crippen LogP contribution in [-0.4, -0.2) is 19.1 Å². The van der Waals surface area contributed by atoms with Gasteiger partial charge in [0.05, 0.1) is 13.2 Å². The van der Waals surface area contributed by atoms with Crippen LogP contribution in [0.4, 0.5) is 0 Å². The lowest BCUT2D eigenvalue weighted by atomic mass is 10.1. The van der Waals surface area contributed by atoms with Crippen LogP contribution in [-0.2, 0) is 4.79 Å². The quantitative estimate of drug-likeness (QED) is 0.890. The van der Waals surface area contributed by atoms with E-state index >= 15 is 0 Å². The lowest BCUT2D eigenvalue weighted by Crippen LogP contribution is -2.37. The number of rotatable bonds is 6. The molecule has 1 amide bonds. The number of amides is 1. The van der Waals surface area contributed by atoms with Crippen molar-refractivity contribution in [1.82, 2.24) is 5.32 Å². The van der Waals surface area contributed by atoms with Crippen molar-refractivity contribution >= 4 is 5.91 Å². The third-order valence-corrected chi connectivity index (χ3v) is 3.40. The molecule has 2 aromatic carbocycles. The smallest absolute Gasteiger partial charge is 0.261 e. The Labute approximate surface area is 131 Å². The minimum Gasteiger partial charge on any atom is -0.497 e. The molecule has 2 rings (SSSR count). The first-order valence-electron chi connectivity index (χ1n) is 7.26. The molecule has 0 spiro atoms. The van der Waals surface area contributed by atoms with Gasteiger partial charge in [0.15, 0.2) is 6.10 Å². The molecule has 0 aliphatic carbocycles. The van der Waals surface area contributed by atoms with Crippen molar-refractivity contribution in [2.24, 2.45) is 0 Å². The highest BCUT2D eigenvalue weighted by atomic mass is 16.5. The van der Waals surface area contributed by atoms with E-state index in [2.05, 4.69) is 5.32 Å². The number of carbonyl (C=O) groups excluding carboxylic acids is 1. The number of hydrogen-bond acceptors (Lipinski definition) is 3. The number of benzene rings is 2. The van der Waals surface area contributed by atoms with Gasteiger partial charge in [0, 0.05) is 0 Å². The van der Waals surface area contributed by atoms with Gasteiger partial charge in [0.25, 0.3) is 5.91 Å². The summed E-state index contributed by atoms with van der Waals surface area (Å²) >= 11 is 0. The Kier molecular flexibility index (Phi) is 5.42. The maximum atomic E-state index is 12.2. The van der Waals surface area contributed by atoms with Crippen molar-refractivity contribution in [2.75, 3.05) is 7.11 Å². The van der Waals surface area contributed by atoms with Gasteiger partial charge in [0.2, 0.25) is 0 Å². The molecule has 0 aromatic heterocycles. The Balaban J connectivity index is 1.92. The summed E-state index contributed by atoms with van der Waals surface area (Å²) in [7, 11) is 1.63. The van der Waals surface area contributed by atoms with E-state index in [1.54, 1.807) is 14.0 Å². The second kappa shape index (κ2) is 7.50. The number of nitrogens with one attached hydrogen (secondary N) is 1. The highest BCUT2D eigenvalue weighted by Gasteiger charge is 2.17. The van der Waals surface area contributed by atoms with Gasteiger partial charge in [-0.15, -0.1) is 0 Å². The summed E-state index contributed by atoms with van der Waals surface area (Å²) in [5.41, 5.74) is 1.01. The number of methoxy groups -OCH3 is 1. The van der Waals surface area contributed by atoms with Crippen molar-refractivity contribution in [2.45, 2.75) is 26.0 Å². The Hall–Kier alpha value is -2.49. The fourth-order valence-corrected chi connectivity index (χ4v) is 2.06. The Morgan fingerprint density at radius 3 is 2.18 bits per heavy atom. The predicted molar refractivity (Wildman–Crippen MR) is 86.1 cm³/mol. The van der Waals surface area contributed by atoms with E-state index < -0.39 is 6.10 Å². The van der Waals surface area contributed by atoms with Gasteiger partial charge in [0.1, 0.15) is 11.5 Å². The van der Waals surface area contributed by atoms with Crippen LogP contribution >= 0.6 is 0 Å². The normalized spacial score (nSPS) is 13.0. The Bertz CT molecular complexity index is 595. The van der Waals surface area contributed by atoms with Gasteiger partial charge in [-0.1, -0.05) is 30.3 Å². The summed E-state index contributed by atoms with van der Waals surface area (Å²) in [5, 5.41) is 2.95. The zero-order valence-electron chi connectivity index (χ0n) is 13.1. The van der Waals surface area contributed by atoms with Crippen LogP contribution in [0.25, 0.3) is 0 Å². The molecule has 2 atom stereocenters. The summed E-state index contributed by atoms with van der Waals surface area (Å²) in [5.74, 6) is 1.33. The number of hydrogen-bond donors (Lipinski definition) is 1. The van der Waals surface area contributed by atoms with E-state index in [0.29, 0.717) is 5.75 Å². The third-order valence-electron chi connectivity index (χ3n) is 3.40. The van der Waals surface area contributed by atoms with Gasteiger partial charge in [-0.3, -0.25) is 4.79 Å². The fraction of sp³-hybridized carbons (Fsp3) is 0.278. The van der Waals surface area contributed by atoms with Crippen LogP contribution in [0.3, 0.4) is 0 Å². The third kappa shape index (κ3) is 4.25. The minimum absolute atomic E-state index is 0.0970. The number of ether oxygens (including phenoxy) is 2. The molecule has 0 aliphatic rings. The topological polar surface area (TPSA) is 47.6 Å². The second-order valence-corrected chi connectivity index (χ2v) is 5.08. The van der Waals surface area contributed by atoms with Crippen molar-refractivity contribution < 1.29 is 14.3 Å². The van der Waals surface area contributed by atoms with Gasteiger partial charge < -0.3 is 14.8 Å². The molecule has 116 valence electrons. The van der Waals surface area contributed by atoms with E-state index in [1.807, 2.05) is 61.5 Å². The molecule has 22 heavy (non-hydrogen) atoms. The van der Waals surface area contributed by atoms with Crippen molar-refractivity contribution in [1.29, 1.82) is 0 Å². The molecule has 4 heteroatoms. The maximum Gasteiger partial charge on any atom is 0.261 e. The molecule has 4 nitrogen and oxygen atoms in total. The Morgan fingerprint density at radius 2 is 1.59 bits per heavy atom. The first-order valence-corrected chi connectivity index (χ1v) is 7.26. The van der Waals surface area contributed by atoms with Crippen LogP contribution in [0, 0.1) is 0 Å². The van der Waals surface area contributed by atoms with Gasteiger partial charge >= 0.3 is 0 Å². The highest BCUT2D eigenvalue weighted by molar-refractivity contribution is 5.81. The average Bonchev–Trinajstić information content (AvgIpc) is 2.55. The summed E-state index contributed by atoms with van der Waals surface area (Å²) < 4.78 is 10.7. The molecule has 1 N–H and O–H groups in total. The zero-order chi connectivity index (χ0) is 15.9. The van der Waals surface area contributed by atoms with Crippen LogP contribution in [0.1, 0.15) is 25.5 Å². The first-order chi connectivity index (χ1) is 10.6. The van der Waals surface area contributed by atoms with Crippen LogP contribution in [0.15, 0.2) is 54.6 Å². The molecular formula is C18H21NO3. The molecule has 0 radical (unpaired) electrons. The van der Waals surface area contributed by atoms with E-state index in [1.165, 1.54) is 0 Å². The molecule has 0 unspecified atom stereocenters. The molecule has 0 aliphatic heterocycles. The standard InChI is InChI=1S/C18H21NO3/c1-13(15-9-11-16(21-3)12-10-15)19-18(20)14(2)22-17-7-5-4-6-8-17/h4-14H,1-3H3,(H,19,20)/t13-,14-/m1/s1. The van der Waals surface area contributed by atoms with E-state index in [9.17, 15) is 4.79 Å². The van der Waals surface area contributed by atoms with Gasteiger partial charge in [-0.05, 0) is 43.7 Å². The van der Waals surface area contributed by atoms with Gasteiger partial charge in [-0.25, -0.2) is 0 Å². The van der Waals surface area contributed by atoms with Crippen molar-refractivity contribution in [3.63, 3.8) is 0 Å². The maximum absolute atomic E-state index is 12.2. The van der Waals surface area contributed by atoms with Crippen molar-refractivity contribution in [3.05, 3.63) is 60.2 Å². The van der Waals surface area contributed by atoms with Crippen LogP contribution < -0.4 is 14.8 Å². The first kappa shape index (κ1) is 15.9. The monoisotopic (exact) mass is 299 g/mol. The van der Waals surface area contributed by atoms with E-state index in [4.69, 9.17) is 9.47 Å². The minimum atomic E-state index is -0.553. The Morgan fingerprint density at radius 1 is 0.955 bits per heavy atom. The van der Waals surface area contributed by atoms with E-state index in [0.717, 1.165) is 11.3 Å². The van der Waals surface area contributed by atoms with Crippen LogP contribution in [0.2, 0.25) is 0 Å². The molecule has 0 saturated carbocycles. The summed E-state index contributed by atoms with van der Waals surface area (Å²) in [6, 6.07) is 16.8. The lowest BCUT2D eigenvalue weighted by Gasteiger charge is -2.19. The second-order valence-electron chi connectivity index (χ2n) is 5.08. The van der Waals surface area contributed by atoms with Crippen LogP contribution in [0.5, 0.6) is 11.5 Å². The highest BCUT2D eigenvalue weighted by Crippen LogP contribution is 2.18. The number of carbonyl (C=O) groups is 1. The molecule has 0 saturated heterocycles. The SMILES string of the molecule is COc1ccc([C@@H](C)NC(=O)[C@@H](C)Oc2ccccc2)cc1. The lowest BCUT2D eigenvalue weighted by molar-refractivity contribution is -0.127. The largest absolute Gasteiger partial charge is 0.497 e. The summed E-state index contributed by atoms with van der Waals surface area (Å²) in [4.78, 5) is 12.2. The molecular weight excluding hydrogens is 278 g/mol. The molecule has 0 bridgehead atoms.